The van der Waals surface area contributed by atoms with Gasteiger partial charge in [-0.1, -0.05) is 36.2 Å². The largest absolute Gasteiger partial charge is 0.491 e. The molecule has 3 rings (SSSR count). The molecule has 1 saturated heterocycles. The third kappa shape index (κ3) is 7.29. The van der Waals surface area contributed by atoms with Crippen molar-refractivity contribution in [3.63, 3.8) is 0 Å². The molecule has 0 amide bonds. The molecule has 30 heavy (non-hydrogen) atoms. The van der Waals surface area contributed by atoms with Gasteiger partial charge in [0, 0.05) is 18.1 Å². The maximum atomic E-state index is 10.6. The van der Waals surface area contributed by atoms with Crippen molar-refractivity contribution in [2.24, 2.45) is 17.8 Å². The molecule has 1 aromatic rings. The number of fused-ring (bicyclic) bond motifs is 1. The smallest absolute Gasteiger partial charge is 0.303 e. The summed E-state index contributed by atoms with van der Waals surface area (Å²) in [5.74, 6) is 1.41. The molecular formula is C24H33ClO5. The van der Waals surface area contributed by atoms with Crippen molar-refractivity contribution in [3.8, 4) is 5.75 Å². The Labute approximate surface area is 184 Å². The fourth-order valence-corrected chi connectivity index (χ4v) is 4.86. The molecule has 0 aromatic heterocycles. The lowest BCUT2D eigenvalue weighted by atomic mass is 9.87. The number of carboxylic acids is 1. The first kappa shape index (κ1) is 23.1. The van der Waals surface area contributed by atoms with Crippen LogP contribution in [0.3, 0.4) is 0 Å². The zero-order valence-electron chi connectivity index (χ0n) is 17.4. The molecule has 166 valence electrons. The Hall–Kier alpha value is -1.56. The van der Waals surface area contributed by atoms with Crippen LogP contribution in [0.1, 0.15) is 51.4 Å². The van der Waals surface area contributed by atoms with Crippen LogP contribution < -0.4 is 4.74 Å². The van der Waals surface area contributed by atoms with E-state index in [0.717, 1.165) is 51.6 Å². The van der Waals surface area contributed by atoms with Crippen LogP contribution in [0.15, 0.2) is 36.4 Å². The van der Waals surface area contributed by atoms with E-state index in [1.54, 1.807) is 12.1 Å². The molecule has 0 radical (unpaired) electrons. The highest BCUT2D eigenvalue weighted by molar-refractivity contribution is 6.30. The summed E-state index contributed by atoms with van der Waals surface area (Å²) in [4.78, 5) is 10.6. The first-order valence-corrected chi connectivity index (χ1v) is 11.5. The first-order chi connectivity index (χ1) is 14.5. The van der Waals surface area contributed by atoms with Gasteiger partial charge in [0.1, 0.15) is 18.5 Å². The summed E-state index contributed by atoms with van der Waals surface area (Å²) in [6.07, 6.45) is 11.1. The summed E-state index contributed by atoms with van der Waals surface area (Å²) < 4.78 is 11.8. The fourth-order valence-electron chi connectivity index (χ4n) is 4.68. The van der Waals surface area contributed by atoms with E-state index in [1.807, 2.05) is 18.2 Å². The molecule has 1 aliphatic heterocycles. The van der Waals surface area contributed by atoms with E-state index in [0.29, 0.717) is 34.6 Å². The summed E-state index contributed by atoms with van der Waals surface area (Å²) in [6.45, 7) is 0.993. The van der Waals surface area contributed by atoms with Gasteiger partial charge in [-0.15, -0.1) is 0 Å². The van der Waals surface area contributed by atoms with Crippen LogP contribution in [-0.2, 0) is 9.53 Å². The van der Waals surface area contributed by atoms with Gasteiger partial charge < -0.3 is 19.7 Å². The topological polar surface area (TPSA) is 76.0 Å². The van der Waals surface area contributed by atoms with E-state index in [4.69, 9.17) is 26.2 Å². The number of allylic oxidation sites excluding steroid dienone is 1. The number of rotatable bonds is 10. The van der Waals surface area contributed by atoms with Crippen molar-refractivity contribution in [3.05, 3.63) is 41.4 Å². The molecule has 5 atom stereocenters. The average molecular weight is 437 g/mol. The number of unbranched alkanes of at least 4 members (excludes halogenated alkanes) is 1. The van der Waals surface area contributed by atoms with Crippen LogP contribution in [0, 0.1) is 17.8 Å². The molecule has 2 fully saturated rings. The molecule has 1 aliphatic carbocycles. The van der Waals surface area contributed by atoms with Gasteiger partial charge in [0.25, 0.3) is 0 Å². The Morgan fingerprint density at radius 3 is 2.93 bits per heavy atom. The van der Waals surface area contributed by atoms with E-state index < -0.39 is 12.1 Å². The molecule has 2 aliphatic rings. The summed E-state index contributed by atoms with van der Waals surface area (Å²) in [5, 5.41) is 19.7. The first-order valence-electron chi connectivity index (χ1n) is 11.1. The third-order valence-corrected chi connectivity index (χ3v) is 6.55. The minimum Gasteiger partial charge on any atom is -0.491 e. The van der Waals surface area contributed by atoms with E-state index in [-0.39, 0.29) is 13.0 Å². The van der Waals surface area contributed by atoms with Crippen molar-refractivity contribution in [2.75, 3.05) is 13.2 Å². The third-order valence-electron chi connectivity index (χ3n) is 6.32. The number of aliphatic carboxylic acids is 1. The normalized spacial score (nSPS) is 27.5. The number of benzene rings is 1. The molecule has 0 bridgehead atoms. The molecule has 6 heteroatoms. The van der Waals surface area contributed by atoms with Crippen molar-refractivity contribution in [1.82, 2.24) is 0 Å². The van der Waals surface area contributed by atoms with Crippen LogP contribution in [-0.4, -0.2) is 41.6 Å². The predicted octanol–water partition coefficient (Wildman–Crippen LogP) is 5.10. The molecule has 1 heterocycles. The number of hydrogen-bond acceptors (Lipinski definition) is 4. The number of ether oxygens (including phenoxy) is 2. The Morgan fingerprint density at radius 2 is 2.13 bits per heavy atom. The second-order valence-corrected chi connectivity index (χ2v) is 9.02. The van der Waals surface area contributed by atoms with Gasteiger partial charge in [0.15, 0.2) is 0 Å². The molecule has 5 nitrogen and oxygen atoms in total. The summed E-state index contributed by atoms with van der Waals surface area (Å²) in [5.41, 5.74) is 0. The van der Waals surface area contributed by atoms with E-state index in [9.17, 15) is 9.90 Å². The highest BCUT2D eigenvalue weighted by Crippen LogP contribution is 2.41. The zero-order valence-corrected chi connectivity index (χ0v) is 18.2. The van der Waals surface area contributed by atoms with Crippen LogP contribution in [0.2, 0.25) is 5.02 Å². The Bertz CT molecular complexity index is 707. The SMILES string of the molecule is O=C(O)CCCC[C@H]1CC[C@H]2[C@H](CC[C@@H]2/C=C/[C@@H](O)COc2cccc(Cl)c2)OC1. The van der Waals surface area contributed by atoms with Crippen LogP contribution >= 0.6 is 11.6 Å². The van der Waals surface area contributed by atoms with E-state index in [1.165, 1.54) is 0 Å². The monoisotopic (exact) mass is 436 g/mol. The number of aliphatic hydroxyl groups excluding tert-OH is 1. The maximum Gasteiger partial charge on any atom is 0.303 e. The highest BCUT2D eigenvalue weighted by atomic mass is 35.5. The summed E-state index contributed by atoms with van der Waals surface area (Å²) in [6, 6.07) is 7.17. The predicted molar refractivity (Wildman–Crippen MR) is 117 cm³/mol. The van der Waals surface area contributed by atoms with Crippen LogP contribution in [0.5, 0.6) is 5.75 Å². The molecule has 1 saturated carbocycles. The number of carboxylic acid groups (broad SMARTS) is 1. The summed E-state index contributed by atoms with van der Waals surface area (Å²) in [7, 11) is 0. The number of halogens is 1. The van der Waals surface area contributed by atoms with Gasteiger partial charge in [-0.2, -0.15) is 0 Å². The Morgan fingerprint density at radius 1 is 1.27 bits per heavy atom. The lowest BCUT2D eigenvalue weighted by molar-refractivity contribution is -0.137. The average Bonchev–Trinajstić information content (AvgIpc) is 2.99. The zero-order chi connectivity index (χ0) is 21.3. The fraction of sp³-hybridized carbons (Fsp3) is 0.625. The van der Waals surface area contributed by atoms with Gasteiger partial charge in [-0.25, -0.2) is 0 Å². The van der Waals surface area contributed by atoms with Gasteiger partial charge >= 0.3 is 5.97 Å². The number of carbonyl (C=O) groups is 1. The molecule has 0 unspecified atom stereocenters. The van der Waals surface area contributed by atoms with Crippen LogP contribution in [0.25, 0.3) is 0 Å². The summed E-state index contributed by atoms with van der Waals surface area (Å²) >= 11 is 5.95. The van der Waals surface area contributed by atoms with E-state index in [2.05, 4.69) is 6.08 Å². The van der Waals surface area contributed by atoms with Gasteiger partial charge in [0.05, 0.1) is 6.10 Å². The molecular weight excluding hydrogens is 404 g/mol. The van der Waals surface area contributed by atoms with Crippen molar-refractivity contribution < 1.29 is 24.5 Å². The Kier molecular flexibility index (Phi) is 9.04. The molecule has 2 N–H and O–H groups in total. The van der Waals surface area contributed by atoms with Crippen molar-refractivity contribution >= 4 is 17.6 Å². The van der Waals surface area contributed by atoms with Crippen LogP contribution in [0.4, 0.5) is 0 Å². The van der Waals surface area contributed by atoms with Gasteiger partial charge in [0.2, 0.25) is 0 Å². The highest BCUT2D eigenvalue weighted by Gasteiger charge is 2.37. The number of aliphatic hydroxyl groups is 1. The lowest BCUT2D eigenvalue weighted by Crippen LogP contribution is -2.20. The quantitative estimate of drug-likeness (QED) is 0.394. The second kappa shape index (κ2) is 11.7. The minimum absolute atomic E-state index is 0.201. The Balaban J connectivity index is 1.42. The van der Waals surface area contributed by atoms with Crippen molar-refractivity contribution in [2.45, 2.75) is 63.6 Å². The van der Waals surface area contributed by atoms with E-state index >= 15 is 0 Å². The standard InChI is InChI=1S/C24H33ClO5/c25-19-5-3-6-21(14-19)29-16-20(26)11-9-18-10-13-23-22(18)12-8-17(15-30-23)4-1-2-7-24(27)28/h3,5-6,9,11,14,17-18,20,22-23,26H,1-2,4,7-8,10,12-13,15-16H2,(H,27,28)/b11-9+/t17-,18-,20+,22+,23-/m0/s1. The lowest BCUT2D eigenvalue weighted by Gasteiger charge is -2.20. The molecule has 0 spiro atoms. The second-order valence-electron chi connectivity index (χ2n) is 8.58. The van der Waals surface area contributed by atoms with Gasteiger partial charge in [-0.05, 0) is 74.5 Å². The molecule has 1 aromatic carbocycles. The van der Waals surface area contributed by atoms with Crippen molar-refractivity contribution in [1.29, 1.82) is 0 Å². The number of hydrogen-bond donors (Lipinski definition) is 2. The minimum atomic E-state index is -0.712. The maximum absolute atomic E-state index is 10.6. The van der Waals surface area contributed by atoms with Gasteiger partial charge in [-0.3, -0.25) is 4.79 Å².